The molecular weight excluding hydrogens is 484 g/mol. The van der Waals surface area contributed by atoms with Gasteiger partial charge in [0, 0.05) is 50.9 Å². The van der Waals surface area contributed by atoms with Crippen molar-refractivity contribution in [2.75, 3.05) is 43.4 Å². The van der Waals surface area contributed by atoms with Gasteiger partial charge in [-0.15, -0.1) is 0 Å². The number of nitrogens with zero attached hydrogens (tertiary/aromatic N) is 6. The summed E-state index contributed by atoms with van der Waals surface area (Å²) in [6.07, 6.45) is 3.01. The Balaban J connectivity index is 1.14. The molecule has 1 aromatic carbocycles. The van der Waals surface area contributed by atoms with Crippen LogP contribution in [0.5, 0.6) is 0 Å². The molecule has 2 aliphatic heterocycles. The molecule has 0 radical (unpaired) electrons. The van der Waals surface area contributed by atoms with Crippen molar-refractivity contribution in [3.63, 3.8) is 0 Å². The number of benzene rings is 1. The molecule has 5 heterocycles. The van der Waals surface area contributed by atoms with Crippen LogP contribution in [-0.4, -0.2) is 69.4 Å². The van der Waals surface area contributed by atoms with Crippen LogP contribution < -0.4 is 10.6 Å². The first-order valence-corrected chi connectivity index (χ1v) is 12.2. The Hall–Kier alpha value is -4.06. The summed E-state index contributed by atoms with van der Waals surface area (Å²) >= 11 is 0. The average molecular weight is 510 g/mol. The van der Waals surface area contributed by atoms with Crippen LogP contribution in [0, 0.1) is 11.6 Å². The summed E-state index contributed by atoms with van der Waals surface area (Å²) in [6, 6.07) is 6.66. The van der Waals surface area contributed by atoms with E-state index in [9.17, 15) is 13.6 Å². The molecule has 2 saturated heterocycles. The summed E-state index contributed by atoms with van der Waals surface area (Å²) in [4.78, 5) is 32.5. The minimum Gasteiger partial charge on any atom is -0.459 e. The van der Waals surface area contributed by atoms with Crippen LogP contribution in [0.1, 0.15) is 18.4 Å². The number of aromatic nitrogens is 3. The van der Waals surface area contributed by atoms with Gasteiger partial charge in [-0.2, -0.15) is 9.97 Å². The van der Waals surface area contributed by atoms with Gasteiger partial charge >= 0.3 is 0 Å². The molecule has 192 valence electrons. The van der Waals surface area contributed by atoms with Crippen molar-refractivity contribution >= 4 is 28.9 Å². The van der Waals surface area contributed by atoms with Crippen molar-refractivity contribution in [1.29, 1.82) is 0 Å². The SMILES string of the molecule is Nc1nc(N2CCC[C@H]2C(=O)N2CCN(Cc3ccc(F)cc3F)CC2)nc2oc(-c3ccco3)nc12. The van der Waals surface area contributed by atoms with Crippen LogP contribution in [0.4, 0.5) is 20.5 Å². The Morgan fingerprint density at radius 3 is 2.68 bits per heavy atom. The third-order valence-electron chi connectivity index (χ3n) is 6.89. The second kappa shape index (κ2) is 9.43. The first kappa shape index (κ1) is 23.3. The van der Waals surface area contributed by atoms with Crippen LogP contribution in [0.3, 0.4) is 0 Å². The van der Waals surface area contributed by atoms with Crippen molar-refractivity contribution in [3.8, 4) is 11.7 Å². The fourth-order valence-electron chi connectivity index (χ4n) is 4.96. The van der Waals surface area contributed by atoms with E-state index in [0.717, 1.165) is 12.5 Å². The van der Waals surface area contributed by atoms with E-state index in [4.69, 9.17) is 14.6 Å². The second-order valence-corrected chi connectivity index (χ2v) is 9.25. The van der Waals surface area contributed by atoms with Crippen molar-refractivity contribution in [2.45, 2.75) is 25.4 Å². The molecule has 1 amide bonds. The summed E-state index contributed by atoms with van der Waals surface area (Å²) in [6.45, 7) is 3.21. The third kappa shape index (κ3) is 4.48. The molecule has 6 rings (SSSR count). The zero-order valence-electron chi connectivity index (χ0n) is 19.9. The Morgan fingerprint density at radius 1 is 1.08 bits per heavy atom. The average Bonchev–Trinajstić information content (AvgIpc) is 3.66. The molecule has 12 heteroatoms. The molecule has 2 N–H and O–H groups in total. The predicted molar refractivity (Wildman–Crippen MR) is 130 cm³/mol. The number of carbonyl (C=O) groups excluding carboxylic acids is 1. The van der Waals surface area contributed by atoms with Gasteiger partial charge in [-0.3, -0.25) is 9.69 Å². The largest absolute Gasteiger partial charge is 0.459 e. The summed E-state index contributed by atoms with van der Waals surface area (Å²) < 4.78 is 38.4. The smallest absolute Gasteiger partial charge is 0.265 e. The number of anilines is 2. The standard InChI is InChI=1S/C25H25F2N7O3/c26-16-6-5-15(17(27)13-16)14-32-8-10-33(11-9-32)24(35)18-3-1-7-34(18)25-30-21(28)20-23(31-25)37-22(29-20)19-4-2-12-36-19/h2,4-6,12-13,18H,1,3,7-11,14H2,(H2,28,30,31)/t18-/m0/s1. The van der Waals surface area contributed by atoms with Gasteiger partial charge in [0.15, 0.2) is 17.1 Å². The monoisotopic (exact) mass is 509 g/mol. The summed E-state index contributed by atoms with van der Waals surface area (Å²) in [7, 11) is 0. The number of hydrogen-bond acceptors (Lipinski definition) is 9. The van der Waals surface area contributed by atoms with E-state index < -0.39 is 17.7 Å². The molecule has 10 nitrogen and oxygen atoms in total. The van der Waals surface area contributed by atoms with Crippen LogP contribution in [0.25, 0.3) is 22.9 Å². The molecule has 0 spiro atoms. The van der Waals surface area contributed by atoms with E-state index in [0.29, 0.717) is 68.5 Å². The second-order valence-electron chi connectivity index (χ2n) is 9.25. The van der Waals surface area contributed by atoms with E-state index in [1.165, 1.54) is 18.4 Å². The molecule has 0 saturated carbocycles. The Labute approximate surface area is 210 Å². The van der Waals surface area contributed by atoms with Gasteiger partial charge in [0.1, 0.15) is 17.7 Å². The Bertz CT molecular complexity index is 1430. The summed E-state index contributed by atoms with van der Waals surface area (Å²) in [5.41, 5.74) is 7.18. The molecule has 0 aliphatic carbocycles. The third-order valence-corrected chi connectivity index (χ3v) is 6.89. The maximum absolute atomic E-state index is 14.0. The number of amides is 1. The number of piperazine rings is 1. The van der Waals surface area contributed by atoms with Crippen molar-refractivity contribution in [1.82, 2.24) is 24.8 Å². The van der Waals surface area contributed by atoms with Gasteiger partial charge in [0.25, 0.3) is 11.6 Å². The van der Waals surface area contributed by atoms with Gasteiger partial charge in [-0.1, -0.05) is 6.07 Å². The minimum absolute atomic E-state index is 0.00113. The highest BCUT2D eigenvalue weighted by Crippen LogP contribution is 2.30. The van der Waals surface area contributed by atoms with Crippen molar-refractivity contribution in [3.05, 3.63) is 53.8 Å². The lowest BCUT2D eigenvalue weighted by Gasteiger charge is -2.37. The maximum atomic E-state index is 14.0. The highest BCUT2D eigenvalue weighted by molar-refractivity contribution is 5.87. The topological polar surface area (TPSA) is 118 Å². The Kier molecular flexibility index (Phi) is 5.95. The highest BCUT2D eigenvalue weighted by atomic mass is 19.1. The fourth-order valence-corrected chi connectivity index (χ4v) is 4.96. The molecule has 1 atom stereocenters. The molecular formula is C25H25F2N7O3. The van der Waals surface area contributed by atoms with Crippen molar-refractivity contribution < 1.29 is 22.4 Å². The van der Waals surface area contributed by atoms with Crippen molar-refractivity contribution in [2.24, 2.45) is 0 Å². The van der Waals surface area contributed by atoms with Gasteiger partial charge in [0.05, 0.1) is 6.26 Å². The number of halogens is 2. The number of nitrogens with two attached hydrogens (primary N) is 1. The zero-order valence-corrected chi connectivity index (χ0v) is 19.9. The molecule has 0 unspecified atom stereocenters. The number of nitrogen functional groups attached to an aromatic ring is 1. The number of furan rings is 1. The van der Waals surface area contributed by atoms with Gasteiger partial charge in [-0.25, -0.2) is 13.8 Å². The first-order valence-electron chi connectivity index (χ1n) is 12.2. The van der Waals surface area contributed by atoms with E-state index >= 15 is 0 Å². The molecule has 4 aromatic rings. The lowest BCUT2D eigenvalue weighted by atomic mass is 10.1. The summed E-state index contributed by atoms with van der Waals surface area (Å²) in [5.74, 6) is 0.0549. The number of hydrogen-bond donors (Lipinski definition) is 1. The quantitative estimate of drug-likeness (QED) is 0.433. The van der Waals surface area contributed by atoms with Crippen LogP contribution in [0.15, 0.2) is 45.4 Å². The van der Waals surface area contributed by atoms with Crippen LogP contribution in [0.2, 0.25) is 0 Å². The molecule has 37 heavy (non-hydrogen) atoms. The fraction of sp³-hybridized carbons (Fsp3) is 0.360. The van der Waals surface area contributed by atoms with Gasteiger partial charge in [-0.05, 0) is 31.0 Å². The van der Waals surface area contributed by atoms with Crippen LogP contribution in [-0.2, 0) is 11.3 Å². The lowest BCUT2D eigenvalue weighted by Crippen LogP contribution is -2.53. The van der Waals surface area contributed by atoms with E-state index in [1.807, 2.05) is 9.80 Å². The van der Waals surface area contributed by atoms with Gasteiger partial charge < -0.3 is 24.4 Å². The number of fused-ring (bicyclic) bond motifs is 1. The lowest BCUT2D eigenvalue weighted by molar-refractivity contribution is -0.134. The molecule has 3 aromatic heterocycles. The first-order chi connectivity index (χ1) is 18.0. The molecule has 2 fully saturated rings. The maximum Gasteiger partial charge on any atom is 0.265 e. The molecule has 2 aliphatic rings. The molecule has 0 bridgehead atoms. The Morgan fingerprint density at radius 2 is 1.92 bits per heavy atom. The van der Waals surface area contributed by atoms with E-state index in [1.54, 1.807) is 12.1 Å². The summed E-state index contributed by atoms with van der Waals surface area (Å²) in [5, 5.41) is 0. The predicted octanol–water partition coefficient (Wildman–Crippen LogP) is 3.05. The zero-order chi connectivity index (χ0) is 25.5. The number of carbonyl (C=O) groups is 1. The number of oxazole rings is 1. The van der Waals surface area contributed by atoms with Gasteiger partial charge in [0.2, 0.25) is 11.9 Å². The normalized spacial score (nSPS) is 18.7. The minimum atomic E-state index is -0.594. The number of rotatable bonds is 5. The highest BCUT2D eigenvalue weighted by Gasteiger charge is 2.37. The van der Waals surface area contributed by atoms with Crippen LogP contribution >= 0.6 is 0 Å². The van der Waals surface area contributed by atoms with E-state index in [2.05, 4.69) is 19.9 Å². The van der Waals surface area contributed by atoms with E-state index in [-0.39, 0.29) is 23.3 Å².